The van der Waals surface area contributed by atoms with Crippen molar-refractivity contribution in [1.29, 1.82) is 0 Å². The Kier molecular flexibility index (Phi) is 6.91. The number of hydrogen-bond donors (Lipinski definition) is 0. The second-order valence-corrected chi connectivity index (χ2v) is 4.74. The van der Waals surface area contributed by atoms with Gasteiger partial charge in [-0.15, -0.1) is 0 Å². The van der Waals surface area contributed by atoms with Crippen molar-refractivity contribution in [3.8, 4) is 11.5 Å². The molecule has 0 spiro atoms. The molecule has 0 aromatic heterocycles. The third kappa shape index (κ3) is 4.44. The summed E-state index contributed by atoms with van der Waals surface area (Å²) >= 11 is 0. The van der Waals surface area contributed by atoms with Gasteiger partial charge >= 0.3 is 0 Å². The lowest BCUT2D eigenvalue weighted by atomic mass is 10.2. The molecule has 1 amide bonds. The fourth-order valence-corrected chi connectivity index (χ4v) is 2.09. The molecule has 0 aliphatic carbocycles. The van der Waals surface area contributed by atoms with Gasteiger partial charge < -0.3 is 14.4 Å². The van der Waals surface area contributed by atoms with E-state index in [0.29, 0.717) is 11.5 Å². The van der Waals surface area contributed by atoms with Gasteiger partial charge in [0.15, 0.2) is 17.6 Å². The lowest BCUT2D eigenvalue weighted by molar-refractivity contribution is -0.138. The van der Waals surface area contributed by atoms with E-state index in [1.165, 1.54) is 0 Å². The third-order valence-electron chi connectivity index (χ3n) is 3.02. The molecule has 4 heteroatoms. The molecular formula is C16H25NO3. The minimum atomic E-state index is -0.510. The highest BCUT2D eigenvalue weighted by molar-refractivity contribution is 5.81. The van der Waals surface area contributed by atoms with Crippen LogP contribution in [0.2, 0.25) is 0 Å². The van der Waals surface area contributed by atoms with Crippen molar-refractivity contribution >= 4 is 5.91 Å². The smallest absolute Gasteiger partial charge is 0.263 e. The van der Waals surface area contributed by atoms with Crippen LogP contribution in [0.1, 0.15) is 33.6 Å². The number of nitrogens with zero attached hydrogens (tertiary/aromatic N) is 1. The SMILES string of the molecule is CCCN(CCC)C(=O)C(C)Oc1ccccc1OC. The second kappa shape index (κ2) is 8.46. The maximum Gasteiger partial charge on any atom is 0.263 e. The van der Waals surface area contributed by atoms with E-state index in [1.807, 2.05) is 29.2 Å². The van der Waals surface area contributed by atoms with Crippen molar-refractivity contribution in [2.24, 2.45) is 0 Å². The molecule has 0 aliphatic heterocycles. The van der Waals surface area contributed by atoms with Crippen molar-refractivity contribution in [1.82, 2.24) is 4.90 Å². The highest BCUT2D eigenvalue weighted by Crippen LogP contribution is 2.27. The predicted molar refractivity (Wildman–Crippen MR) is 80.2 cm³/mol. The molecule has 0 N–H and O–H groups in total. The van der Waals surface area contributed by atoms with E-state index in [2.05, 4.69) is 13.8 Å². The van der Waals surface area contributed by atoms with Gasteiger partial charge in [-0.25, -0.2) is 0 Å². The van der Waals surface area contributed by atoms with Crippen LogP contribution in [-0.2, 0) is 4.79 Å². The standard InChI is InChI=1S/C16H25NO3/c1-5-11-17(12-6-2)16(18)13(3)20-15-10-8-7-9-14(15)19-4/h7-10,13H,5-6,11-12H2,1-4H3. The average molecular weight is 279 g/mol. The zero-order valence-corrected chi connectivity index (χ0v) is 12.9. The summed E-state index contributed by atoms with van der Waals surface area (Å²) in [6.07, 6.45) is 1.39. The number of ether oxygens (including phenoxy) is 2. The normalized spacial score (nSPS) is 11.8. The molecule has 0 saturated heterocycles. The lowest BCUT2D eigenvalue weighted by Crippen LogP contribution is -2.41. The Morgan fingerprint density at radius 3 is 2.20 bits per heavy atom. The van der Waals surface area contributed by atoms with Crippen molar-refractivity contribution in [2.75, 3.05) is 20.2 Å². The maximum atomic E-state index is 12.4. The lowest BCUT2D eigenvalue weighted by Gasteiger charge is -2.25. The van der Waals surface area contributed by atoms with Gasteiger partial charge in [-0.3, -0.25) is 4.79 Å². The van der Waals surface area contributed by atoms with Gasteiger partial charge in [0.2, 0.25) is 0 Å². The van der Waals surface area contributed by atoms with Gasteiger partial charge in [0.25, 0.3) is 5.91 Å². The number of carbonyl (C=O) groups is 1. The number of methoxy groups -OCH3 is 1. The third-order valence-corrected chi connectivity index (χ3v) is 3.02. The Hall–Kier alpha value is -1.71. The topological polar surface area (TPSA) is 38.8 Å². The Labute approximate surface area is 121 Å². The summed E-state index contributed by atoms with van der Waals surface area (Å²) in [6, 6.07) is 7.37. The molecule has 0 heterocycles. The van der Waals surface area contributed by atoms with Gasteiger partial charge in [-0.2, -0.15) is 0 Å². The van der Waals surface area contributed by atoms with E-state index >= 15 is 0 Å². The maximum absolute atomic E-state index is 12.4. The molecule has 1 aromatic rings. The summed E-state index contributed by atoms with van der Waals surface area (Å²) in [6.45, 7) is 7.47. The van der Waals surface area contributed by atoms with Crippen LogP contribution in [0.15, 0.2) is 24.3 Å². The second-order valence-electron chi connectivity index (χ2n) is 4.74. The molecule has 0 bridgehead atoms. The van der Waals surface area contributed by atoms with Gasteiger partial charge in [0.1, 0.15) is 0 Å². The Morgan fingerprint density at radius 1 is 1.15 bits per heavy atom. The van der Waals surface area contributed by atoms with E-state index < -0.39 is 6.10 Å². The molecule has 0 radical (unpaired) electrons. The molecule has 1 unspecified atom stereocenters. The minimum absolute atomic E-state index is 0.0274. The number of amides is 1. The quantitative estimate of drug-likeness (QED) is 0.734. The van der Waals surface area contributed by atoms with Gasteiger partial charge in [0.05, 0.1) is 7.11 Å². The zero-order chi connectivity index (χ0) is 15.0. The monoisotopic (exact) mass is 279 g/mol. The van der Waals surface area contributed by atoms with Crippen LogP contribution in [0.25, 0.3) is 0 Å². The average Bonchev–Trinajstić information content (AvgIpc) is 2.46. The predicted octanol–water partition coefficient (Wildman–Crippen LogP) is 3.11. The van der Waals surface area contributed by atoms with Crippen molar-refractivity contribution in [2.45, 2.75) is 39.7 Å². The van der Waals surface area contributed by atoms with Crippen LogP contribution in [0.3, 0.4) is 0 Å². The molecule has 112 valence electrons. The fraction of sp³-hybridized carbons (Fsp3) is 0.562. The number of rotatable bonds is 8. The Morgan fingerprint density at radius 2 is 1.70 bits per heavy atom. The fourth-order valence-electron chi connectivity index (χ4n) is 2.09. The summed E-state index contributed by atoms with van der Waals surface area (Å²) in [7, 11) is 1.59. The molecule has 0 fully saturated rings. The molecule has 1 atom stereocenters. The van der Waals surface area contributed by atoms with Crippen LogP contribution >= 0.6 is 0 Å². The van der Waals surface area contributed by atoms with Crippen LogP contribution < -0.4 is 9.47 Å². The Bertz CT molecular complexity index is 414. The van der Waals surface area contributed by atoms with Gasteiger partial charge in [-0.05, 0) is 31.9 Å². The molecule has 4 nitrogen and oxygen atoms in total. The van der Waals surface area contributed by atoms with E-state index in [0.717, 1.165) is 25.9 Å². The van der Waals surface area contributed by atoms with Crippen LogP contribution in [0.5, 0.6) is 11.5 Å². The summed E-state index contributed by atoms with van der Waals surface area (Å²) in [5, 5.41) is 0. The molecule has 20 heavy (non-hydrogen) atoms. The van der Waals surface area contributed by atoms with Crippen LogP contribution in [-0.4, -0.2) is 37.1 Å². The molecule has 1 rings (SSSR count). The van der Waals surface area contributed by atoms with Crippen LogP contribution in [0.4, 0.5) is 0 Å². The van der Waals surface area contributed by atoms with Crippen molar-refractivity contribution in [3.63, 3.8) is 0 Å². The summed E-state index contributed by atoms with van der Waals surface area (Å²) in [5.74, 6) is 1.27. The summed E-state index contributed by atoms with van der Waals surface area (Å²) in [5.41, 5.74) is 0. The highest BCUT2D eigenvalue weighted by atomic mass is 16.5. The van der Waals surface area contributed by atoms with Gasteiger partial charge in [0, 0.05) is 13.1 Å². The van der Waals surface area contributed by atoms with Crippen LogP contribution in [0, 0.1) is 0 Å². The van der Waals surface area contributed by atoms with E-state index in [1.54, 1.807) is 14.0 Å². The first-order valence-electron chi connectivity index (χ1n) is 7.22. The molecular weight excluding hydrogens is 254 g/mol. The van der Waals surface area contributed by atoms with Crippen molar-refractivity contribution in [3.05, 3.63) is 24.3 Å². The number of benzene rings is 1. The minimum Gasteiger partial charge on any atom is -0.493 e. The van der Waals surface area contributed by atoms with Gasteiger partial charge in [-0.1, -0.05) is 26.0 Å². The first-order chi connectivity index (χ1) is 9.63. The molecule has 1 aromatic carbocycles. The van der Waals surface area contributed by atoms with Crippen molar-refractivity contribution < 1.29 is 14.3 Å². The van der Waals surface area contributed by atoms with E-state index in [-0.39, 0.29) is 5.91 Å². The summed E-state index contributed by atoms with van der Waals surface area (Å²) < 4.78 is 11.0. The first-order valence-corrected chi connectivity index (χ1v) is 7.22. The molecule has 0 saturated carbocycles. The highest BCUT2D eigenvalue weighted by Gasteiger charge is 2.21. The van der Waals surface area contributed by atoms with E-state index in [9.17, 15) is 4.79 Å². The first kappa shape index (κ1) is 16.3. The molecule has 0 aliphatic rings. The van der Waals surface area contributed by atoms with E-state index in [4.69, 9.17) is 9.47 Å². The number of para-hydroxylation sites is 2. The summed E-state index contributed by atoms with van der Waals surface area (Å²) in [4.78, 5) is 14.2. The number of carbonyl (C=O) groups excluding carboxylic acids is 1. The largest absolute Gasteiger partial charge is 0.493 e. The Balaban J connectivity index is 2.73. The number of hydrogen-bond acceptors (Lipinski definition) is 3. The zero-order valence-electron chi connectivity index (χ0n) is 12.9.